The van der Waals surface area contributed by atoms with Crippen LogP contribution >= 0.6 is 0 Å². The molecule has 35 heavy (non-hydrogen) atoms. The Morgan fingerprint density at radius 1 is 1.26 bits per heavy atom. The van der Waals surface area contributed by atoms with Crippen molar-refractivity contribution in [3.8, 4) is 11.8 Å². The summed E-state index contributed by atoms with van der Waals surface area (Å²) in [5.41, 5.74) is 4.05. The maximum Gasteiger partial charge on any atom is 0.153 e. The van der Waals surface area contributed by atoms with Gasteiger partial charge in [-0.25, -0.2) is 4.39 Å². The zero-order chi connectivity index (χ0) is 25.8. The number of allylic oxidation sites excluding steroid dienone is 1. The van der Waals surface area contributed by atoms with Crippen LogP contribution in [-0.2, 0) is 18.3 Å². The molecule has 0 atom stereocenters. The lowest BCUT2D eigenvalue weighted by molar-refractivity contribution is 0.112. The largest absolute Gasteiger partial charge is 0.496 e. The van der Waals surface area contributed by atoms with E-state index in [0.29, 0.717) is 23.4 Å². The monoisotopic (exact) mass is 480 g/mol. The van der Waals surface area contributed by atoms with Crippen molar-refractivity contribution in [2.75, 3.05) is 21.3 Å². The third kappa shape index (κ3) is 6.90. The number of fused-ring (bicyclic) bond motifs is 1. The van der Waals surface area contributed by atoms with Crippen molar-refractivity contribution in [3.63, 3.8) is 0 Å². The molecule has 1 heterocycles. The molecule has 0 aliphatic carbocycles. The second kappa shape index (κ2) is 13.9. The van der Waals surface area contributed by atoms with E-state index in [2.05, 4.69) is 29.5 Å². The van der Waals surface area contributed by atoms with Gasteiger partial charge < -0.3 is 14.8 Å². The summed E-state index contributed by atoms with van der Waals surface area (Å²) < 4.78 is 24.8. The molecule has 2 aromatic carbocycles. The molecule has 1 N–H and O–H groups in total. The summed E-state index contributed by atoms with van der Waals surface area (Å²) in [5.74, 6) is 0.618. The number of nitriles is 1. The normalized spacial score (nSPS) is 11.2. The van der Waals surface area contributed by atoms with E-state index in [1.54, 1.807) is 7.11 Å². The topological polar surface area (TPSA) is 89.2 Å². The van der Waals surface area contributed by atoms with Crippen LogP contribution in [0.2, 0.25) is 0 Å². The minimum absolute atomic E-state index is 0.229. The molecule has 0 bridgehead atoms. The smallest absolute Gasteiger partial charge is 0.153 e. The molecule has 0 amide bonds. The highest BCUT2D eigenvalue weighted by molar-refractivity contribution is 5.93. The Kier molecular flexibility index (Phi) is 10.9. The highest BCUT2D eigenvalue weighted by Gasteiger charge is 2.17. The van der Waals surface area contributed by atoms with E-state index in [9.17, 15) is 14.4 Å². The number of carbonyl (C=O) groups excluding carboxylic acids is 1. The predicted octanol–water partition coefficient (Wildman–Crippen LogP) is 5.40. The van der Waals surface area contributed by atoms with E-state index in [1.165, 1.54) is 24.8 Å². The molecule has 3 rings (SSSR count). The van der Waals surface area contributed by atoms with Gasteiger partial charge >= 0.3 is 0 Å². The summed E-state index contributed by atoms with van der Waals surface area (Å²) in [5, 5.41) is 18.3. The fourth-order valence-corrected chi connectivity index (χ4v) is 3.84. The summed E-state index contributed by atoms with van der Waals surface area (Å²) >= 11 is 0. The van der Waals surface area contributed by atoms with Gasteiger partial charge in [0.1, 0.15) is 17.3 Å². The standard InChI is InChI=1S/C19H26N4O.C8H7FO2/c1-5-6-7-8-14(11-20)19(24-4)16-10-9-15(12-21-2)17-13-22-23(3)18(16)17;1-11-8-3-2-7(9)4-6(8)5-10/h9-10,13,21H,5-8,12H2,1-4H3;2-5H,1H3/b19-14-;. The Bertz CT molecular complexity index is 1210. The van der Waals surface area contributed by atoms with Crippen LogP contribution in [0.1, 0.15) is 54.1 Å². The molecule has 0 fully saturated rings. The molecule has 0 radical (unpaired) electrons. The van der Waals surface area contributed by atoms with Gasteiger partial charge in [0.2, 0.25) is 0 Å². The van der Waals surface area contributed by atoms with E-state index < -0.39 is 5.82 Å². The van der Waals surface area contributed by atoms with Gasteiger partial charge in [-0.05, 0) is 49.7 Å². The number of nitrogens with zero attached hydrogens (tertiary/aromatic N) is 3. The van der Waals surface area contributed by atoms with E-state index in [4.69, 9.17) is 9.47 Å². The zero-order valence-electron chi connectivity index (χ0n) is 21.0. The van der Waals surface area contributed by atoms with Crippen molar-refractivity contribution in [2.24, 2.45) is 7.05 Å². The fraction of sp³-hybridized carbons (Fsp3) is 0.370. The molecule has 7 nitrogen and oxygen atoms in total. The number of ether oxygens (including phenoxy) is 2. The van der Waals surface area contributed by atoms with Crippen LogP contribution in [0.25, 0.3) is 16.7 Å². The second-order valence-corrected chi connectivity index (χ2v) is 7.92. The number of aldehydes is 1. The lowest BCUT2D eigenvalue weighted by Crippen LogP contribution is -2.06. The number of halogens is 1. The summed E-state index contributed by atoms with van der Waals surface area (Å²) in [6, 6.07) is 10.2. The van der Waals surface area contributed by atoms with Crippen LogP contribution < -0.4 is 10.1 Å². The minimum Gasteiger partial charge on any atom is -0.496 e. The van der Waals surface area contributed by atoms with Gasteiger partial charge in [0.05, 0.1) is 43.1 Å². The van der Waals surface area contributed by atoms with Crippen LogP contribution in [0, 0.1) is 17.1 Å². The van der Waals surface area contributed by atoms with Crippen LogP contribution in [0.4, 0.5) is 4.39 Å². The Hall–Kier alpha value is -3.70. The Balaban J connectivity index is 0.000000328. The lowest BCUT2D eigenvalue weighted by Gasteiger charge is -2.13. The molecule has 186 valence electrons. The third-order valence-corrected chi connectivity index (χ3v) is 5.57. The Labute approximate surface area is 206 Å². The number of rotatable bonds is 10. The lowest BCUT2D eigenvalue weighted by atomic mass is 9.99. The molecule has 0 spiro atoms. The molecular weight excluding hydrogens is 447 g/mol. The predicted molar refractivity (Wildman–Crippen MR) is 136 cm³/mol. The summed E-state index contributed by atoms with van der Waals surface area (Å²) in [7, 11) is 6.92. The van der Waals surface area contributed by atoms with E-state index >= 15 is 0 Å². The number of nitrogens with one attached hydrogen (secondary N) is 1. The molecule has 8 heteroatoms. The van der Waals surface area contributed by atoms with Crippen molar-refractivity contribution in [3.05, 3.63) is 64.6 Å². The number of hydrogen-bond donors (Lipinski definition) is 1. The van der Waals surface area contributed by atoms with E-state index in [0.717, 1.165) is 54.8 Å². The molecular formula is C27H33FN4O3. The van der Waals surface area contributed by atoms with E-state index in [1.807, 2.05) is 31.0 Å². The maximum absolute atomic E-state index is 12.5. The summed E-state index contributed by atoms with van der Waals surface area (Å²) in [6.07, 6.45) is 6.42. The minimum atomic E-state index is -0.437. The van der Waals surface area contributed by atoms with Crippen LogP contribution in [0.3, 0.4) is 0 Å². The van der Waals surface area contributed by atoms with Gasteiger partial charge in [0.15, 0.2) is 6.29 Å². The molecule has 3 aromatic rings. The van der Waals surface area contributed by atoms with Gasteiger partial charge in [-0.1, -0.05) is 25.8 Å². The number of benzene rings is 2. The van der Waals surface area contributed by atoms with Gasteiger partial charge in [-0.3, -0.25) is 9.48 Å². The van der Waals surface area contributed by atoms with Crippen molar-refractivity contribution in [1.82, 2.24) is 15.1 Å². The zero-order valence-corrected chi connectivity index (χ0v) is 21.0. The average Bonchev–Trinajstić information content (AvgIpc) is 3.27. The Morgan fingerprint density at radius 2 is 2.03 bits per heavy atom. The van der Waals surface area contributed by atoms with Crippen molar-refractivity contribution < 1.29 is 18.7 Å². The first-order chi connectivity index (χ1) is 16.9. The van der Waals surface area contributed by atoms with Gasteiger partial charge in [-0.2, -0.15) is 10.4 Å². The first-order valence-electron chi connectivity index (χ1n) is 11.5. The molecule has 0 aliphatic heterocycles. The number of carbonyl (C=O) groups is 1. The number of unbranched alkanes of at least 4 members (excludes halogenated alkanes) is 2. The highest BCUT2D eigenvalue weighted by atomic mass is 19.1. The fourth-order valence-electron chi connectivity index (χ4n) is 3.84. The molecule has 1 aromatic heterocycles. The molecule has 0 unspecified atom stereocenters. The highest BCUT2D eigenvalue weighted by Crippen LogP contribution is 2.31. The van der Waals surface area contributed by atoms with Crippen LogP contribution in [0.5, 0.6) is 5.75 Å². The van der Waals surface area contributed by atoms with Crippen LogP contribution in [-0.4, -0.2) is 37.3 Å². The summed E-state index contributed by atoms with van der Waals surface area (Å²) in [4.78, 5) is 10.3. The molecule has 0 saturated carbocycles. The summed E-state index contributed by atoms with van der Waals surface area (Å²) in [6.45, 7) is 2.93. The van der Waals surface area contributed by atoms with Gasteiger partial charge in [0, 0.05) is 24.5 Å². The van der Waals surface area contributed by atoms with Crippen LogP contribution in [0.15, 0.2) is 42.1 Å². The van der Waals surface area contributed by atoms with Gasteiger partial charge in [0.25, 0.3) is 0 Å². The SMILES string of the molecule is CCCCC/C(C#N)=C(/OC)c1ccc(CNC)c2cnn(C)c12.COc1ccc(F)cc1C=O. The second-order valence-electron chi connectivity index (χ2n) is 7.92. The number of hydrogen-bond acceptors (Lipinski definition) is 6. The van der Waals surface area contributed by atoms with E-state index in [-0.39, 0.29) is 5.56 Å². The van der Waals surface area contributed by atoms with Gasteiger partial charge in [-0.15, -0.1) is 0 Å². The average molecular weight is 481 g/mol. The van der Waals surface area contributed by atoms with Crippen molar-refractivity contribution in [2.45, 2.75) is 39.2 Å². The number of aromatic nitrogens is 2. The first kappa shape index (κ1) is 27.5. The molecule has 0 aliphatic rings. The van der Waals surface area contributed by atoms with Crippen molar-refractivity contribution >= 4 is 22.9 Å². The molecule has 0 saturated heterocycles. The number of methoxy groups -OCH3 is 2. The van der Waals surface area contributed by atoms with Crippen molar-refractivity contribution in [1.29, 1.82) is 5.26 Å². The first-order valence-corrected chi connectivity index (χ1v) is 11.5. The maximum atomic E-state index is 12.5. The quantitative estimate of drug-likeness (QED) is 0.181. The third-order valence-electron chi connectivity index (χ3n) is 5.57. The number of aryl methyl sites for hydroxylation is 1. The Morgan fingerprint density at radius 3 is 2.63 bits per heavy atom.